The fourth-order valence-electron chi connectivity index (χ4n) is 3.74. The predicted octanol–water partition coefficient (Wildman–Crippen LogP) is 4.95. The molecule has 2 aromatic carbocycles. The zero-order valence-electron chi connectivity index (χ0n) is 18.1. The molecule has 2 aromatic heterocycles. The van der Waals surface area contributed by atoms with E-state index in [-0.39, 0.29) is 11.9 Å². The Kier molecular flexibility index (Phi) is 6.56. The highest BCUT2D eigenvalue weighted by Gasteiger charge is 2.24. The molecule has 1 amide bonds. The second kappa shape index (κ2) is 9.70. The molecule has 0 saturated heterocycles. The summed E-state index contributed by atoms with van der Waals surface area (Å²) < 4.78 is 2.38. The summed E-state index contributed by atoms with van der Waals surface area (Å²) in [5.41, 5.74) is 3.98. The molecule has 2 heterocycles. The number of amides is 1. The van der Waals surface area contributed by atoms with Crippen molar-refractivity contribution in [2.75, 3.05) is 7.05 Å². The van der Waals surface area contributed by atoms with Crippen molar-refractivity contribution >= 4 is 18.1 Å². The minimum Gasteiger partial charge on any atom is -0.333 e. The van der Waals surface area contributed by atoms with Crippen LogP contribution in [0.25, 0.3) is 11.4 Å². The number of benzene rings is 2. The molecule has 7 heteroatoms. The quantitative estimate of drug-likeness (QED) is 0.411. The first kappa shape index (κ1) is 21.6. The van der Waals surface area contributed by atoms with E-state index in [2.05, 4.69) is 15.2 Å². The van der Waals surface area contributed by atoms with Gasteiger partial charge in [0.25, 0.3) is 0 Å². The van der Waals surface area contributed by atoms with Gasteiger partial charge in [0.15, 0.2) is 10.6 Å². The van der Waals surface area contributed by atoms with Crippen LogP contribution in [0, 0.1) is 11.7 Å². The van der Waals surface area contributed by atoms with Gasteiger partial charge < -0.3 is 4.90 Å². The standard InChI is InChI=1S/C25H25N5OS/c1-18-11-13-20(14-12-18)24-27-28-25(32)30(24)17-15-22(31)29(2)23(19-8-4-3-5-9-19)21-10-6-7-16-26-21/h3-14,16,23H,15,17H2,1-2H3,(H,28,32). The second-order valence-corrected chi connectivity index (χ2v) is 8.08. The van der Waals surface area contributed by atoms with Crippen LogP contribution >= 0.6 is 12.2 Å². The average molecular weight is 444 g/mol. The number of carbonyl (C=O) groups excluding carboxylic acids is 1. The van der Waals surface area contributed by atoms with Gasteiger partial charge >= 0.3 is 0 Å². The lowest BCUT2D eigenvalue weighted by atomic mass is 10.0. The molecule has 0 aliphatic carbocycles. The molecule has 6 nitrogen and oxygen atoms in total. The van der Waals surface area contributed by atoms with Crippen molar-refractivity contribution < 1.29 is 4.79 Å². The third-order valence-corrected chi connectivity index (χ3v) is 5.79. The molecule has 0 fully saturated rings. The van der Waals surface area contributed by atoms with Gasteiger partial charge in [0.2, 0.25) is 5.91 Å². The van der Waals surface area contributed by atoms with Crippen LogP contribution in [0.2, 0.25) is 0 Å². The predicted molar refractivity (Wildman–Crippen MR) is 127 cm³/mol. The number of aromatic nitrogens is 4. The summed E-state index contributed by atoms with van der Waals surface area (Å²) in [5.74, 6) is 0.734. The van der Waals surface area contributed by atoms with E-state index in [0.29, 0.717) is 17.7 Å². The molecule has 0 radical (unpaired) electrons. The first-order chi connectivity index (χ1) is 15.5. The van der Waals surface area contributed by atoms with Gasteiger partial charge in [-0.05, 0) is 36.8 Å². The minimum absolute atomic E-state index is 0.00228. The van der Waals surface area contributed by atoms with Gasteiger partial charge in [0, 0.05) is 31.8 Å². The number of hydrogen-bond donors (Lipinski definition) is 1. The molecule has 0 saturated carbocycles. The molecule has 0 aliphatic rings. The fraction of sp³-hybridized carbons (Fsp3) is 0.200. The Morgan fingerprint density at radius 1 is 1.06 bits per heavy atom. The number of nitrogens with zero attached hydrogens (tertiary/aromatic N) is 4. The third kappa shape index (κ3) is 4.68. The summed E-state index contributed by atoms with van der Waals surface area (Å²) >= 11 is 5.43. The van der Waals surface area contributed by atoms with Crippen molar-refractivity contribution in [2.24, 2.45) is 0 Å². The van der Waals surface area contributed by atoms with E-state index in [0.717, 1.165) is 22.6 Å². The Morgan fingerprint density at radius 3 is 2.47 bits per heavy atom. The molecule has 162 valence electrons. The van der Waals surface area contributed by atoms with Gasteiger partial charge in [0.05, 0.1) is 11.7 Å². The average Bonchev–Trinajstić information content (AvgIpc) is 3.19. The maximum absolute atomic E-state index is 13.3. The Balaban J connectivity index is 1.56. The second-order valence-electron chi connectivity index (χ2n) is 7.69. The van der Waals surface area contributed by atoms with Crippen LogP contribution in [0.5, 0.6) is 0 Å². The lowest BCUT2D eigenvalue weighted by Gasteiger charge is -2.28. The van der Waals surface area contributed by atoms with Gasteiger partial charge in [-0.15, -0.1) is 0 Å². The third-order valence-electron chi connectivity index (χ3n) is 5.48. The van der Waals surface area contributed by atoms with Crippen molar-refractivity contribution in [3.05, 3.63) is 101 Å². The lowest BCUT2D eigenvalue weighted by Crippen LogP contribution is -2.33. The number of rotatable bonds is 7. The van der Waals surface area contributed by atoms with Gasteiger partial charge in [-0.3, -0.25) is 19.4 Å². The van der Waals surface area contributed by atoms with Crippen LogP contribution in [-0.2, 0) is 11.3 Å². The summed E-state index contributed by atoms with van der Waals surface area (Å²) in [7, 11) is 1.82. The van der Waals surface area contributed by atoms with Crippen LogP contribution < -0.4 is 0 Å². The lowest BCUT2D eigenvalue weighted by molar-refractivity contribution is -0.131. The van der Waals surface area contributed by atoms with E-state index < -0.39 is 0 Å². The SMILES string of the molecule is Cc1ccc(-c2n[nH]c(=S)n2CCC(=O)N(C)C(c2ccccc2)c2ccccn2)cc1. The summed E-state index contributed by atoms with van der Waals surface area (Å²) in [5, 5.41) is 7.24. The zero-order valence-corrected chi connectivity index (χ0v) is 18.9. The monoisotopic (exact) mass is 443 g/mol. The number of nitrogens with one attached hydrogen (secondary N) is 1. The number of pyridine rings is 1. The van der Waals surface area contributed by atoms with E-state index >= 15 is 0 Å². The van der Waals surface area contributed by atoms with Crippen LogP contribution in [0.1, 0.15) is 29.3 Å². The molecule has 0 spiro atoms. The molecule has 1 unspecified atom stereocenters. The Labute approximate surface area is 192 Å². The Bertz CT molecular complexity index is 1190. The molecule has 0 aliphatic heterocycles. The number of hydrogen-bond acceptors (Lipinski definition) is 4. The largest absolute Gasteiger partial charge is 0.333 e. The number of aryl methyl sites for hydroxylation is 1. The summed E-state index contributed by atoms with van der Waals surface area (Å²) in [6.07, 6.45) is 2.04. The van der Waals surface area contributed by atoms with Crippen molar-refractivity contribution in [3.63, 3.8) is 0 Å². The van der Waals surface area contributed by atoms with Gasteiger partial charge in [-0.25, -0.2) is 0 Å². The maximum Gasteiger partial charge on any atom is 0.224 e. The van der Waals surface area contributed by atoms with Crippen LogP contribution in [0.15, 0.2) is 79.0 Å². The molecular formula is C25H25N5OS. The van der Waals surface area contributed by atoms with Crippen molar-refractivity contribution in [1.82, 2.24) is 24.6 Å². The van der Waals surface area contributed by atoms with Crippen LogP contribution in [0.3, 0.4) is 0 Å². The molecule has 4 aromatic rings. The molecular weight excluding hydrogens is 418 g/mol. The van der Waals surface area contributed by atoms with E-state index in [4.69, 9.17) is 12.2 Å². The summed E-state index contributed by atoms with van der Waals surface area (Å²) in [4.78, 5) is 19.5. The number of carbonyl (C=O) groups is 1. The first-order valence-corrected chi connectivity index (χ1v) is 10.9. The zero-order chi connectivity index (χ0) is 22.5. The number of H-pyrrole nitrogens is 1. The highest BCUT2D eigenvalue weighted by Crippen LogP contribution is 2.27. The Morgan fingerprint density at radius 2 is 1.78 bits per heavy atom. The summed E-state index contributed by atoms with van der Waals surface area (Å²) in [6.45, 7) is 2.48. The van der Waals surface area contributed by atoms with E-state index in [1.54, 1.807) is 11.1 Å². The maximum atomic E-state index is 13.3. The molecule has 1 N–H and O–H groups in total. The normalized spacial score (nSPS) is 11.8. The highest BCUT2D eigenvalue weighted by molar-refractivity contribution is 7.71. The Hall–Kier alpha value is -3.58. The van der Waals surface area contributed by atoms with Gasteiger partial charge in [-0.2, -0.15) is 5.10 Å². The molecule has 1 atom stereocenters. The topological polar surface area (TPSA) is 66.8 Å². The minimum atomic E-state index is -0.265. The van der Waals surface area contributed by atoms with E-state index in [9.17, 15) is 4.79 Å². The van der Waals surface area contributed by atoms with Crippen molar-refractivity contribution in [1.29, 1.82) is 0 Å². The molecule has 4 rings (SSSR count). The van der Waals surface area contributed by atoms with Gasteiger partial charge in [0.1, 0.15) is 0 Å². The fourth-order valence-corrected chi connectivity index (χ4v) is 3.97. The van der Waals surface area contributed by atoms with Gasteiger partial charge in [-0.1, -0.05) is 66.2 Å². The first-order valence-electron chi connectivity index (χ1n) is 10.5. The highest BCUT2D eigenvalue weighted by atomic mass is 32.1. The smallest absolute Gasteiger partial charge is 0.224 e. The molecule has 32 heavy (non-hydrogen) atoms. The van der Waals surface area contributed by atoms with Crippen LogP contribution in [0.4, 0.5) is 0 Å². The number of aromatic amines is 1. The van der Waals surface area contributed by atoms with Crippen LogP contribution in [-0.4, -0.2) is 37.6 Å². The van der Waals surface area contributed by atoms with E-state index in [1.165, 1.54) is 5.56 Å². The van der Waals surface area contributed by atoms with Crippen molar-refractivity contribution in [3.8, 4) is 11.4 Å². The molecule has 0 bridgehead atoms. The van der Waals surface area contributed by atoms with E-state index in [1.807, 2.05) is 91.3 Å². The van der Waals surface area contributed by atoms with Crippen molar-refractivity contribution in [2.45, 2.75) is 25.9 Å². The summed E-state index contributed by atoms with van der Waals surface area (Å²) in [6, 6.07) is 23.5.